The first-order chi connectivity index (χ1) is 10.2. The van der Waals surface area contributed by atoms with Gasteiger partial charge in [0.15, 0.2) is 0 Å². The number of fused-ring (bicyclic) bond motifs is 1. The summed E-state index contributed by atoms with van der Waals surface area (Å²) >= 11 is 0. The highest BCUT2D eigenvalue weighted by Gasteiger charge is 2.53. The number of esters is 1. The summed E-state index contributed by atoms with van der Waals surface area (Å²) in [7, 11) is 0. The molecule has 0 aromatic rings. The van der Waals surface area contributed by atoms with Gasteiger partial charge in [0, 0.05) is 24.0 Å². The maximum absolute atomic E-state index is 12.5. The first-order valence-electron chi connectivity index (χ1n) is 7.91. The average molecular weight is 295 g/mol. The Kier molecular flexibility index (Phi) is 5.85. The van der Waals surface area contributed by atoms with Crippen LogP contribution in [0.1, 0.15) is 39.0 Å². The molecule has 2 fully saturated rings. The topological polar surface area (TPSA) is 90.3 Å². The Labute approximate surface area is 125 Å². The number of carbonyl (C=O) groups excluding carboxylic acids is 1. The summed E-state index contributed by atoms with van der Waals surface area (Å²) in [4.78, 5) is 17.7. The van der Waals surface area contributed by atoms with Crippen LogP contribution in [-0.2, 0) is 9.53 Å². The Hall–Kier alpha value is -1.30. The molecule has 0 aromatic heterocycles. The summed E-state index contributed by atoms with van der Waals surface area (Å²) in [5.74, 6) is -0.122. The number of hydrogen-bond donors (Lipinski definition) is 1. The lowest BCUT2D eigenvalue weighted by molar-refractivity contribution is -0.152. The second-order valence-corrected chi connectivity index (χ2v) is 5.72. The molecule has 1 N–H and O–H groups in total. The van der Waals surface area contributed by atoms with Gasteiger partial charge in [0.25, 0.3) is 0 Å². The van der Waals surface area contributed by atoms with Crippen molar-refractivity contribution in [2.45, 2.75) is 50.6 Å². The third-order valence-corrected chi connectivity index (χ3v) is 4.55. The van der Waals surface area contributed by atoms with Crippen LogP contribution in [0.15, 0.2) is 5.11 Å². The first-order valence-corrected chi connectivity index (χ1v) is 7.91. The van der Waals surface area contributed by atoms with Crippen molar-refractivity contribution in [3.63, 3.8) is 0 Å². The van der Waals surface area contributed by atoms with E-state index in [0.717, 1.165) is 32.4 Å². The van der Waals surface area contributed by atoms with Crippen molar-refractivity contribution in [2.24, 2.45) is 5.11 Å². The van der Waals surface area contributed by atoms with E-state index in [4.69, 9.17) is 10.3 Å². The predicted octanol–water partition coefficient (Wildman–Crippen LogP) is 1.84. The first kappa shape index (κ1) is 16.1. The molecule has 2 heterocycles. The molecule has 2 saturated heterocycles. The highest BCUT2D eigenvalue weighted by atomic mass is 16.5. The van der Waals surface area contributed by atoms with Gasteiger partial charge in [0.2, 0.25) is 0 Å². The van der Waals surface area contributed by atoms with E-state index in [-0.39, 0.29) is 12.0 Å². The smallest absolute Gasteiger partial charge is 0.328 e. The van der Waals surface area contributed by atoms with Gasteiger partial charge in [-0.15, -0.1) is 0 Å². The molecule has 2 rings (SSSR count). The number of carbonyl (C=O) groups is 1. The molecule has 118 valence electrons. The van der Waals surface area contributed by atoms with Crippen molar-refractivity contribution in [3.8, 4) is 0 Å². The molecule has 0 aliphatic carbocycles. The van der Waals surface area contributed by atoms with Gasteiger partial charge in [-0.25, -0.2) is 4.79 Å². The van der Waals surface area contributed by atoms with Crippen LogP contribution in [0.2, 0.25) is 0 Å². The van der Waals surface area contributed by atoms with Gasteiger partial charge < -0.3 is 10.1 Å². The molecule has 21 heavy (non-hydrogen) atoms. The van der Waals surface area contributed by atoms with Crippen LogP contribution in [0.25, 0.3) is 10.4 Å². The summed E-state index contributed by atoms with van der Waals surface area (Å²) in [5, 5.41) is 6.97. The molecular formula is C14H25N5O2. The normalized spacial score (nSPS) is 28.7. The third kappa shape index (κ3) is 3.48. The van der Waals surface area contributed by atoms with Crippen LogP contribution in [0.4, 0.5) is 0 Å². The molecular weight excluding hydrogens is 270 g/mol. The highest BCUT2D eigenvalue weighted by molar-refractivity contribution is 5.82. The van der Waals surface area contributed by atoms with Crippen LogP contribution in [0, 0.1) is 0 Å². The third-order valence-electron chi connectivity index (χ3n) is 4.55. The van der Waals surface area contributed by atoms with E-state index >= 15 is 0 Å². The SMILES string of the molecule is CCOC(=O)C1(NCCCN=[N+]=[N-])CCN2CCCCC21. The van der Waals surface area contributed by atoms with Crippen LogP contribution in [0.5, 0.6) is 0 Å². The molecule has 7 nitrogen and oxygen atoms in total. The zero-order valence-corrected chi connectivity index (χ0v) is 12.8. The summed E-state index contributed by atoms with van der Waals surface area (Å²) in [6.45, 7) is 5.41. The quantitative estimate of drug-likeness (QED) is 0.255. The van der Waals surface area contributed by atoms with Gasteiger partial charge in [-0.1, -0.05) is 11.5 Å². The van der Waals surface area contributed by atoms with Crippen LogP contribution in [-0.4, -0.2) is 55.2 Å². The number of nitrogens with zero attached hydrogens (tertiary/aromatic N) is 4. The van der Waals surface area contributed by atoms with E-state index < -0.39 is 5.54 Å². The van der Waals surface area contributed by atoms with E-state index in [2.05, 4.69) is 20.2 Å². The average Bonchev–Trinajstić information content (AvgIpc) is 2.88. The van der Waals surface area contributed by atoms with E-state index in [9.17, 15) is 4.79 Å². The minimum absolute atomic E-state index is 0.122. The lowest BCUT2D eigenvalue weighted by Gasteiger charge is -2.39. The van der Waals surface area contributed by atoms with Crippen molar-refractivity contribution >= 4 is 5.97 Å². The van der Waals surface area contributed by atoms with Gasteiger partial charge in [0.05, 0.1) is 6.61 Å². The Morgan fingerprint density at radius 3 is 3.14 bits per heavy atom. The van der Waals surface area contributed by atoms with Crippen molar-refractivity contribution in [2.75, 3.05) is 32.8 Å². The van der Waals surface area contributed by atoms with Gasteiger partial charge in [-0.05, 0) is 51.2 Å². The molecule has 2 atom stereocenters. The van der Waals surface area contributed by atoms with E-state index in [1.54, 1.807) is 0 Å². The van der Waals surface area contributed by atoms with Crippen molar-refractivity contribution in [3.05, 3.63) is 10.4 Å². The summed E-state index contributed by atoms with van der Waals surface area (Å²) in [6.07, 6.45) is 4.97. The van der Waals surface area contributed by atoms with Crippen LogP contribution < -0.4 is 5.32 Å². The van der Waals surface area contributed by atoms with E-state index in [1.807, 2.05) is 6.92 Å². The number of piperidine rings is 1. The second-order valence-electron chi connectivity index (χ2n) is 5.72. The number of azide groups is 1. The maximum atomic E-state index is 12.5. The summed E-state index contributed by atoms with van der Waals surface area (Å²) in [6, 6.07) is 0.241. The molecule has 0 bridgehead atoms. The number of hydrogen-bond acceptors (Lipinski definition) is 5. The monoisotopic (exact) mass is 295 g/mol. The van der Waals surface area contributed by atoms with Gasteiger partial charge in [-0.2, -0.15) is 0 Å². The molecule has 2 aliphatic heterocycles. The highest BCUT2D eigenvalue weighted by Crippen LogP contribution is 2.36. The van der Waals surface area contributed by atoms with E-state index in [0.29, 0.717) is 19.7 Å². The molecule has 0 amide bonds. The summed E-state index contributed by atoms with van der Waals surface area (Å²) in [5.41, 5.74) is 7.72. The molecule has 0 radical (unpaired) electrons. The molecule has 7 heteroatoms. The standard InChI is InChI=1S/C14H25N5O2/c1-2-21-13(20)14(16-8-5-9-17-18-15)7-11-19-10-4-3-6-12(14)19/h12,16H,2-11H2,1H3. The van der Waals surface area contributed by atoms with E-state index in [1.165, 1.54) is 12.8 Å². The minimum atomic E-state index is -0.577. The fraction of sp³-hybridized carbons (Fsp3) is 0.929. The number of ether oxygens (including phenoxy) is 1. The number of rotatable bonds is 7. The van der Waals surface area contributed by atoms with Crippen molar-refractivity contribution in [1.82, 2.24) is 10.2 Å². The largest absolute Gasteiger partial charge is 0.465 e. The Balaban J connectivity index is 2.03. The zero-order chi connectivity index (χ0) is 15.1. The molecule has 2 aliphatic rings. The fourth-order valence-corrected chi connectivity index (χ4v) is 3.59. The second kappa shape index (κ2) is 7.64. The Morgan fingerprint density at radius 2 is 2.38 bits per heavy atom. The Morgan fingerprint density at radius 1 is 1.52 bits per heavy atom. The van der Waals surface area contributed by atoms with Crippen LogP contribution in [0.3, 0.4) is 0 Å². The summed E-state index contributed by atoms with van der Waals surface area (Å²) < 4.78 is 5.35. The molecule has 2 unspecified atom stereocenters. The zero-order valence-electron chi connectivity index (χ0n) is 12.8. The lowest BCUT2D eigenvalue weighted by atomic mass is 9.85. The molecule has 0 spiro atoms. The van der Waals surface area contributed by atoms with Gasteiger partial charge in [0.1, 0.15) is 5.54 Å². The van der Waals surface area contributed by atoms with Crippen LogP contribution >= 0.6 is 0 Å². The Bertz CT molecular complexity index is 410. The predicted molar refractivity (Wildman–Crippen MR) is 79.8 cm³/mol. The van der Waals surface area contributed by atoms with Gasteiger partial charge in [-0.3, -0.25) is 4.90 Å². The minimum Gasteiger partial charge on any atom is -0.465 e. The molecule has 0 aromatic carbocycles. The fourth-order valence-electron chi connectivity index (χ4n) is 3.59. The van der Waals surface area contributed by atoms with Crippen molar-refractivity contribution in [1.29, 1.82) is 0 Å². The molecule has 0 saturated carbocycles. The lowest BCUT2D eigenvalue weighted by Crippen LogP contribution is -2.61. The number of nitrogens with one attached hydrogen (secondary N) is 1. The van der Waals surface area contributed by atoms with Gasteiger partial charge >= 0.3 is 5.97 Å². The maximum Gasteiger partial charge on any atom is 0.328 e. The van der Waals surface area contributed by atoms with Crippen molar-refractivity contribution < 1.29 is 9.53 Å².